The van der Waals surface area contributed by atoms with Crippen LogP contribution in [0.3, 0.4) is 0 Å². The number of fused-ring (bicyclic) bond motifs is 1. The van der Waals surface area contributed by atoms with E-state index in [0.29, 0.717) is 0 Å². The Balaban J connectivity index is 1.73. The van der Waals surface area contributed by atoms with Gasteiger partial charge in [-0.05, 0) is 19.1 Å². The van der Waals surface area contributed by atoms with E-state index in [1.165, 1.54) is 0 Å². The number of nitrogens with zero attached hydrogens (tertiary/aromatic N) is 5. The second-order valence-electron chi connectivity index (χ2n) is 5.19. The van der Waals surface area contributed by atoms with Crippen LogP contribution in [0.4, 0.5) is 5.82 Å². The van der Waals surface area contributed by atoms with E-state index in [1.54, 1.807) is 29.6 Å². The average Bonchev–Trinajstić information content (AvgIpc) is 3.26. The molecule has 0 bridgehead atoms. The number of para-hydroxylation sites is 1. The number of nitrogens with one attached hydrogen (secondary N) is 2. The lowest BCUT2D eigenvalue weighted by Crippen LogP contribution is -2.10. The van der Waals surface area contributed by atoms with Crippen molar-refractivity contribution in [3.8, 4) is 5.69 Å². The molecule has 1 atom stereocenters. The summed E-state index contributed by atoms with van der Waals surface area (Å²) in [6.07, 6.45) is 6.85. The molecule has 1 aromatic carbocycles. The number of hydrogen-bond donors (Lipinski definition) is 2. The third-order valence-corrected chi connectivity index (χ3v) is 3.65. The minimum absolute atomic E-state index is 0.00294. The molecule has 2 N–H and O–H groups in total. The van der Waals surface area contributed by atoms with Crippen molar-refractivity contribution >= 4 is 16.9 Å². The molecule has 0 aliphatic rings. The van der Waals surface area contributed by atoms with Gasteiger partial charge in [-0.2, -0.15) is 5.10 Å². The van der Waals surface area contributed by atoms with Gasteiger partial charge in [-0.25, -0.2) is 19.6 Å². The van der Waals surface area contributed by atoms with Gasteiger partial charge < -0.3 is 10.3 Å². The summed E-state index contributed by atoms with van der Waals surface area (Å²) in [5, 5.41) is 8.67. The highest BCUT2D eigenvalue weighted by Crippen LogP contribution is 2.24. The number of aromatic nitrogens is 6. The predicted molar refractivity (Wildman–Crippen MR) is 87.3 cm³/mol. The van der Waals surface area contributed by atoms with Crippen molar-refractivity contribution < 1.29 is 0 Å². The second kappa shape index (κ2) is 5.53. The van der Waals surface area contributed by atoms with Crippen molar-refractivity contribution in [3.63, 3.8) is 0 Å². The molecular formula is C16H15N7. The molecule has 0 saturated heterocycles. The molecule has 3 aromatic heterocycles. The monoisotopic (exact) mass is 305 g/mol. The van der Waals surface area contributed by atoms with Crippen LogP contribution < -0.4 is 5.32 Å². The Morgan fingerprint density at radius 1 is 1.13 bits per heavy atom. The van der Waals surface area contributed by atoms with E-state index in [0.717, 1.165) is 28.4 Å². The lowest BCUT2D eigenvalue weighted by Gasteiger charge is -2.12. The summed E-state index contributed by atoms with van der Waals surface area (Å²) < 4.78 is 1.81. The number of rotatable bonds is 4. The van der Waals surface area contributed by atoms with Crippen LogP contribution in [0, 0.1) is 0 Å². The molecule has 3 heterocycles. The van der Waals surface area contributed by atoms with Gasteiger partial charge >= 0.3 is 0 Å². The molecule has 0 aliphatic carbocycles. The molecule has 7 nitrogen and oxygen atoms in total. The number of imidazole rings is 1. The highest BCUT2D eigenvalue weighted by molar-refractivity contribution is 5.87. The summed E-state index contributed by atoms with van der Waals surface area (Å²) in [4.78, 5) is 16.1. The number of H-pyrrole nitrogens is 1. The van der Waals surface area contributed by atoms with E-state index in [1.807, 2.05) is 37.3 Å². The SMILES string of the molecule is C[C@@H](Nc1ncnc2c1cnn2-c1ccccc1)c1ncc[nH]1. The Labute approximate surface area is 132 Å². The van der Waals surface area contributed by atoms with Crippen molar-refractivity contribution in [2.75, 3.05) is 5.32 Å². The highest BCUT2D eigenvalue weighted by Gasteiger charge is 2.14. The summed E-state index contributed by atoms with van der Waals surface area (Å²) in [5.74, 6) is 1.59. The van der Waals surface area contributed by atoms with E-state index < -0.39 is 0 Å². The van der Waals surface area contributed by atoms with Gasteiger partial charge in [-0.15, -0.1) is 0 Å². The predicted octanol–water partition coefficient (Wildman–Crippen LogP) is 2.71. The van der Waals surface area contributed by atoms with Crippen molar-refractivity contribution in [2.24, 2.45) is 0 Å². The lowest BCUT2D eigenvalue weighted by molar-refractivity contribution is 0.805. The molecule has 0 amide bonds. The minimum Gasteiger partial charge on any atom is -0.360 e. The van der Waals surface area contributed by atoms with E-state index in [9.17, 15) is 0 Å². The van der Waals surface area contributed by atoms with Crippen molar-refractivity contribution in [1.29, 1.82) is 0 Å². The molecule has 0 radical (unpaired) electrons. The van der Waals surface area contributed by atoms with Gasteiger partial charge in [-0.1, -0.05) is 18.2 Å². The maximum absolute atomic E-state index is 4.45. The van der Waals surface area contributed by atoms with Gasteiger partial charge in [0, 0.05) is 12.4 Å². The summed E-state index contributed by atoms with van der Waals surface area (Å²) >= 11 is 0. The Morgan fingerprint density at radius 3 is 2.78 bits per heavy atom. The molecule has 0 spiro atoms. The Hall–Kier alpha value is -3.22. The molecular weight excluding hydrogens is 290 g/mol. The lowest BCUT2D eigenvalue weighted by atomic mass is 10.3. The summed E-state index contributed by atoms with van der Waals surface area (Å²) in [5.41, 5.74) is 1.73. The fraction of sp³-hybridized carbons (Fsp3) is 0.125. The van der Waals surface area contributed by atoms with Crippen LogP contribution in [0.2, 0.25) is 0 Å². The standard InChI is InChI=1S/C16H15N7/c1-11(14-17-7-8-18-14)22-15-13-9-21-23(16(13)20-10-19-15)12-5-3-2-4-6-12/h2-11H,1H3,(H,17,18)(H,19,20,22)/t11-/m1/s1. The quantitative estimate of drug-likeness (QED) is 0.605. The fourth-order valence-corrected chi connectivity index (χ4v) is 2.50. The van der Waals surface area contributed by atoms with Crippen molar-refractivity contribution in [2.45, 2.75) is 13.0 Å². The largest absolute Gasteiger partial charge is 0.360 e. The van der Waals surface area contributed by atoms with E-state index in [2.05, 4.69) is 30.4 Å². The van der Waals surface area contributed by atoms with Crippen LogP contribution >= 0.6 is 0 Å². The smallest absolute Gasteiger partial charge is 0.168 e. The van der Waals surface area contributed by atoms with E-state index in [-0.39, 0.29) is 6.04 Å². The molecule has 4 aromatic rings. The van der Waals surface area contributed by atoms with Crippen LogP contribution in [-0.4, -0.2) is 29.7 Å². The molecule has 0 unspecified atom stereocenters. The Morgan fingerprint density at radius 2 is 2.00 bits per heavy atom. The first-order valence-corrected chi connectivity index (χ1v) is 7.33. The third-order valence-electron chi connectivity index (χ3n) is 3.65. The second-order valence-corrected chi connectivity index (χ2v) is 5.19. The van der Waals surface area contributed by atoms with Crippen molar-refractivity contribution in [3.05, 3.63) is 61.1 Å². The Kier molecular flexibility index (Phi) is 3.23. The minimum atomic E-state index is 0.00294. The van der Waals surface area contributed by atoms with Crippen LogP contribution in [0.15, 0.2) is 55.2 Å². The third kappa shape index (κ3) is 2.42. The van der Waals surface area contributed by atoms with Gasteiger partial charge in [0.1, 0.15) is 18.0 Å². The summed E-state index contributed by atoms with van der Waals surface area (Å²) in [6.45, 7) is 2.02. The van der Waals surface area contributed by atoms with Crippen molar-refractivity contribution in [1.82, 2.24) is 29.7 Å². The zero-order valence-electron chi connectivity index (χ0n) is 12.5. The summed E-state index contributed by atoms with van der Waals surface area (Å²) in [6, 6.07) is 9.91. The number of anilines is 1. The van der Waals surface area contributed by atoms with Gasteiger partial charge in [0.2, 0.25) is 0 Å². The molecule has 0 saturated carbocycles. The first-order valence-electron chi connectivity index (χ1n) is 7.33. The number of aromatic amines is 1. The fourth-order valence-electron chi connectivity index (χ4n) is 2.50. The summed E-state index contributed by atoms with van der Waals surface area (Å²) in [7, 11) is 0. The van der Waals surface area contributed by atoms with E-state index in [4.69, 9.17) is 0 Å². The first-order chi connectivity index (χ1) is 11.3. The Bertz CT molecular complexity index is 912. The topological polar surface area (TPSA) is 84.3 Å². The zero-order valence-corrected chi connectivity index (χ0v) is 12.5. The van der Waals surface area contributed by atoms with Crippen LogP contribution in [0.5, 0.6) is 0 Å². The molecule has 114 valence electrons. The molecule has 4 rings (SSSR count). The molecule has 0 aliphatic heterocycles. The van der Waals surface area contributed by atoms with Gasteiger partial charge in [0.05, 0.1) is 23.3 Å². The maximum Gasteiger partial charge on any atom is 0.168 e. The van der Waals surface area contributed by atoms with Crippen LogP contribution in [-0.2, 0) is 0 Å². The normalized spacial score (nSPS) is 12.4. The highest BCUT2D eigenvalue weighted by atomic mass is 15.3. The molecule has 23 heavy (non-hydrogen) atoms. The van der Waals surface area contributed by atoms with Gasteiger partial charge in [0.15, 0.2) is 5.65 Å². The van der Waals surface area contributed by atoms with Gasteiger partial charge in [0.25, 0.3) is 0 Å². The average molecular weight is 305 g/mol. The van der Waals surface area contributed by atoms with E-state index >= 15 is 0 Å². The molecule has 0 fully saturated rings. The van der Waals surface area contributed by atoms with Crippen LogP contribution in [0.25, 0.3) is 16.7 Å². The first kappa shape index (κ1) is 13.4. The zero-order chi connectivity index (χ0) is 15.6. The maximum atomic E-state index is 4.45. The van der Waals surface area contributed by atoms with Gasteiger partial charge in [-0.3, -0.25) is 0 Å². The van der Waals surface area contributed by atoms with Crippen LogP contribution in [0.1, 0.15) is 18.8 Å². The number of hydrogen-bond acceptors (Lipinski definition) is 5. The molecule has 7 heteroatoms. The number of benzene rings is 1.